The normalized spacial score (nSPS) is 43.9. The van der Waals surface area contributed by atoms with E-state index in [-0.39, 0.29) is 10.8 Å². The average Bonchev–Trinajstić information content (AvgIpc) is 3.09. The Kier molecular flexibility index (Phi) is 3.18. The smallest absolute Gasteiger partial charge is 0.228 e. The maximum atomic E-state index is 13.8. The maximum Gasteiger partial charge on any atom is 0.228 e. The highest BCUT2D eigenvalue weighted by Gasteiger charge is 2.66. The molecule has 1 aromatic rings. The third kappa shape index (κ3) is 2.27. The molecule has 2 aliphatic heterocycles. The van der Waals surface area contributed by atoms with Gasteiger partial charge in [0, 0.05) is 25.0 Å². The third-order valence-electron chi connectivity index (χ3n) is 8.86. The van der Waals surface area contributed by atoms with Crippen LogP contribution in [0.5, 0.6) is 0 Å². The van der Waals surface area contributed by atoms with Gasteiger partial charge in [-0.15, -0.1) is 0 Å². The molecular formula is C24H32N2O. The molecule has 1 aromatic carbocycles. The van der Waals surface area contributed by atoms with Crippen LogP contribution in [0.4, 0.5) is 0 Å². The lowest BCUT2D eigenvalue weighted by Gasteiger charge is -2.67. The molecule has 0 aromatic heterocycles. The van der Waals surface area contributed by atoms with Gasteiger partial charge >= 0.3 is 0 Å². The highest BCUT2D eigenvalue weighted by Crippen LogP contribution is 2.70. The molecule has 4 saturated carbocycles. The number of benzene rings is 1. The van der Waals surface area contributed by atoms with Crippen molar-refractivity contribution < 1.29 is 4.79 Å². The number of likely N-dealkylation sites (tertiary alicyclic amines) is 1. The summed E-state index contributed by atoms with van der Waals surface area (Å²) in [6.45, 7) is 6.72. The molecule has 6 fully saturated rings. The Hall–Kier alpha value is -1.35. The van der Waals surface area contributed by atoms with Crippen molar-refractivity contribution >= 4 is 5.91 Å². The van der Waals surface area contributed by atoms with Crippen LogP contribution in [-0.2, 0) is 10.2 Å². The molecule has 3 nitrogen and oxygen atoms in total. The van der Waals surface area contributed by atoms with E-state index in [0.29, 0.717) is 16.7 Å². The van der Waals surface area contributed by atoms with Crippen LogP contribution in [0.25, 0.3) is 0 Å². The molecule has 4 bridgehead atoms. The molecule has 144 valence electrons. The van der Waals surface area contributed by atoms with Crippen LogP contribution < -0.4 is 5.32 Å². The fraction of sp³-hybridized carbons (Fsp3) is 0.708. The highest BCUT2D eigenvalue weighted by molar-refractivity contribution is 5.84. The number of nitrogens with zero attached hydrogens (tertiary/aromatic N) is 1. The average molecular weight is 365 g/mol. The Morgan fingerprint density at radius 2 is 1.89 bits per heavy atom. The second kappa shape index (κ2) is 5.17. The molecule has 6 aliphatic rings. The Bertz CT molecular complexity index is 777. The van der Waals surface area contributed by atoms with Gasteiger partial charge in [-0.25, -0.2) is 0 Å². The van der Waals surface area contributed by atoms with Crippen molar-refractivity contribution in [2.24, 2.45) is 22.2 Å². The first-order valence-electron chi connectivity index (χ1n) is 11.0. The van der Waals surface area contributed by atoms with Crippen LogP contribution in [0.15, 0.2) is 30.3 Å². The largest absolute Gasteiger partial charge is 0.341 e. The summed E-state index contributed by atoms with van der Waals surface area (Å²) < 4.78 is 0. The summed E-state index contributed by atoms with van der Waals surface area (Å²) in [7, 11) is 0. The third-order valence-corrected chi connectivity index (χ3v) is 8.86. The van der Waals surface area contributed by atoms with Crippen LogP contribution in [0.3, 0.4) is 0 Å². The second-order valence-corrected chi connectivity index (χ2v) is 11.3. The number of hydrogen-bond donors (Lipinski definition) is 1. The Balaban J connectivity index is 1.33. The fourth-order valence-corrected chi connectivity index (χ4v) is 8.58. The van der Waals surface area contributed by atoms with Crippen LogP contribution in [0, 0.1) is 22.2 Å². The zero-order valence-corrected chi connectivity index (χ0v) is 16.6. The summed E-state index contributed by atoms with van der Waals surface area (Å²) in [5, 5.41) is 3.51. The topological polar surface area (TPSA) is 32.3 Å². The van der Waals surface area contributed by atoms with Crippen molar-refractivity contribution in [3.8, 4) is 0 Å². The number of carbonyl (C=O) groups excluding carboxylic acids is 1. The number of rotatable bonds is 2. The first-order valence-corrected chi connectivity index (χ1v) is 11.0. The van der Waals surface area contributed by atoms with Crippen molar-refractivity contribution in [2.45, 2.75) is 57.3 Å². The summed E-state index contributed by atoms with van der Waals surface area (Å²) in [4.78, 5) is 16.1. The lowest BCUT2D eigenvalue weighted by Crippen LogP contribution is -2.67. The van der Waals surface area contributed by atoms with Crippen molar-refractivity contribution in [2.75, 3.05) is 26.2 Å². The molecule has 4 atom stereocenters. The Morgan fingerprint density at radius 1 is 1.07 bits per heavy atom. The second-order valence-electron chi connectivity index (χ2n) is 11.3. The maximum absolute atomic E-state index is 13.8. The van der Waals surface area contributed by atoms with E-state index in [2.05, 4.69) is 47.5 Å². The molecule has 3 heteroatoms. The number of amides is 1. The van der Waals surface area contributed by atoms with E-state index in [1.54, 1.807) is 0 Å². The monoisotopic (exact) mass is 364 g/mol. The van der Waals surface area contributed by atoms with E-state index in [1.807, 2.05) is 0 Å². The number of hydrogen-bond acceptors (Lipinski definition) is 2. The van der Waals surface area contributed by atoms with Gasteiger partial charge < -0.3 is 10.2 Å². The van der Waals surface area contributed by atoms with Gasteiger partial charge in [0.05, 0.1) is 5.41 Å². The summed E-state index contributed by atoms with van der Waals surface area (Å²) in [5.41, 5.74) is 2.40. The number of nitrogens with one attached hydrogen (secondary N) is 1. The molecule has 7 rings (SSSR count). The zero-order chi connectivity index (χ0) is 18.3. The van der Waals surface area contributed by atoms with Crippen molar-refractivity contribution in [3.05, 3.63) is 35.9 Å². The molecule has 1 spiro atoms. The Morgan fingerprint density at radius 3 is 2.59 bits per heavy atom. The lowest BCUT2D eigenvalue weighted by atomic mass is 9.38. The predicted molar refractivity (Wildman–Crippen MR) is 106 cm³/mol. The van der Waals surface area contributed by atoms with Gasteiger partial charge in [0.1, 0.15) is 0 Å². The van der Waals surface area contributed by atoms with Crippen molar-refractivity contribution in [1.82, 2.24) is 10.2 Å². The van der Waals surface area contributed by atoms with Crippen LogP contribution in [-0.4, -0.2) is 37.0 Å². The van der Waals surface area contributed by atoms with E-state index >= 15 is 0 Å². The molecule has 4 aliphatic carbocycles. The fourth-order valence-electron chi connectivity index (χ4n) is 8.58. The van der Waals surface area contributed by atoms with Gasteiger partial charge in [-0.3, -0.25) is 4.79 Å². The SMILES string of the molecule is CC12CC3CC(C(=O)N4CC5(CCNC5)C4)(C1)CC(c1ccccc1)(C3)C2. The van der Waals surface area contributed by atoms with Crippen LogP contribution in [0.2, 0.25) is 0 Å². The molecular weight excluding hydrogens is 332 g/mol. The highest BCUT2D eigenvalue weighted by atomic mass is 16.2. The standard InChI is InChI=1S/C24H32N2O/c1-21-9-18-10-23(12-21,19-5-3-2-4-6-19)14-24(11-18,13-21)20(27)26-16-22(17-26)7-8-25-15-22/h2-6,18,25H,7-17H2,1H3. The molecule has 1 N–H and O–H groups in total. The molecule has 4 unspecified atom stereocenters. The zero-order valence-electron chi connectivity index (χ0n) is 16.6. The molecule has 2 saturated heterocycles. The van der Waals surface area contributed by atoms with E-state index in [1.165, 1.54) is 31.2 Å². The molecule has 2 heterocycles. The minimum Gasteiger partial charge on any atom is -0.341 e. The first-order chi connectivity index (χ1) is 12.9. The Labute approximate surface area is 162 Å². The van der Waals surface area contributed by atoms with E-state index in [0.717, 1.165) is 51.4 Å². The van der Waals surface area contributed by atoms with Gasteiger partial charge in [-0.05, 0) is 73.8 Å². The lowest BCUT2D eigenvalue weighted by molar-refractivity contribution is -0.180. The van der Waals surface area contributed by atoms with Gasteiger partial charge in [0.15, 0.2) is 0 Å². The minimum absolute atomic E-state index is 0.0857. The molecule has 27 heavy (non-hydrogen) atoms. The van der Waals surface area contributed by atoms with E-state index in [9.17, 15) is 4.79 Å². The van der Waals surface area contributed by atoms with Gasteiger partial charge in [-0.2, -0.15) is 0 Å². The van der Waals surface area contributed by atoms with Crippen molar-refractivity contribution in [3.63, 3.8) is 0 Å². The van der Waals surface area contributed by atoms with E-state index < -0.39 is 0 Å². The quantitative estimate of drug-likeness (QED) is 0.867. The van der Waals surface area contributed by atoms with Gasteiger partial charge in [-0.1, -0.05) is 37.3 Å². The summed E-state index contributed by atoms with van der Waals surface area (Å²) in [6, 6.07) is 11.2. The molecule has 0 radical (unpaired) electrons. The summed E-state index contributed by atoms with van der Waals surface area (Å²) in [5.74, 6) is 1.24. The van der Waals surface area contributed by atoms with Crippen LogP contribution >= 0.6 is 0 Å². The number of carbonyl (C=O) groups is 1. The summed E-state index contributed by atoms with van der Waals surface area (Å²) in [6.07, 6.45) is 8.54. The van der Waals surface area contributed by atoms with Crippen LogP contribution in [0.1, 0.15) is 57.4 Å². The van der Waals surface area contributed by atoms with Gasteiger partial charge in [0.25, 0.3) is 0 Å². The summed E-state index contributed by atoms with van der Waals surface area (Å²) >= 11 is 0. The van der Waals surface area contributed by atoms with E-state index in [4.69, 9.17) is 0 Å². The molecule has 1 amide bonds. The predicted octanol–water partition coefficient (Wildman–Crippen LogP) is 3.74. The van der Waals surface area contributed by atoms with Gasteiger partial charge in [0.2, 0.25) is 5.91 Å². The first kappa shape index (κ1) is 16.6. The van der Waals surface area contributed by atoms with Crippen molar-refractivity contribution in [1.29, 1.82) is 0 Å². The minimum atomic E-state index is -0.0857.